The Morgan fingerprint density at radius 2 is 2.07 bits per heavy atom. The quantitative estimate of drug-likeness (QED) is 0.860. The molecule has 0 aromatic heterocycles. The van der Waals surface area contributed by atoms with Crippen molar-refractivity contribution in [3.05, 3.63) is 27.3 Å². The SMILES string of the molecule is Cc1c(I)cccc1NCCN(C)C. The Labute approximate surface area is 99.8 Å². The third-order valence-electron chi connectivity index (χ3n) is 2.14. The van der Waals surface area contributed by atoms with E-state index in [0.29, 0.717) is 0 Å². The third kappa shape index (κ3) is 3.46. The van der Waals surface area contributed by atoms with Crippen LogP contribution in [0.4, 0.5) is 5.69 Å². The number of benzene rings is 1. The summed E-state index contributed by atoms with van der Waals surface area (Å²) in [6.07, 6.45) is 0. The lowest BCUT2D eigenvalue weighted by Gasteiger charge is -2.13. The van der Waals surface area contributed by atoms with Crippen molar-refractivity contribution in [1.29, 1.82) is 0 Å². The minimum atomic E-state index is 0.994. The van der Waals surface area contributed by atoms with E-state index in [1.165, 1.54) is 14.8 Å². The van der Waals surface area contributed by atoms with Gasteiger partial charge in [0.05, 0.1) is 0 Å². The van der Waals surface area contributed by atoms with Crippen molar-refractivity contribution >= 4 is 28.3 Å². The van der Waals surface area contributed by atoms with Gasteiger partial charge in [-0.3, -0.25) is 0 Å². The van der Waals surface area contributed by atoms with E-state index in [1.54, 1.807) is 0 Å². The average molecular weight is 304 g/mol. The summed E-state index contributed by atoms with van der Waals surface area (Å²) in [5, 5.41) is 3.44. The van der Waals surface area contributed by atoms with Gasteiger partial charge in [-0.05, 0) is 61.3 Å². The summed E-state index contributed by atoms with van der Waals surface area (Å²) in [4.78, 5) is 2.18. The predicted octanol–water partition coefficient (Wildman–Crippen LogP) is 2.57. The molecule has 0 bridgehead atoms. The van der Waals surface area contributed by atoms with Crippen LogP contribution in [0.15, 0.2) is 18.2 Å². The molecule has 0 heterocycles. The molecule has 0 aliphatic carbocycles. The summed E-state index contributed by atoms with van der Waals surface area (Å²) in [5.74, 6) is 0. The van der Waals surface area contributed by atoms with Crippen LogP contribution >= 0.6 is 22.6 Å². The lowest BCUT2D eigenvalue weighted by Crippen LogP contribution is -2.21. The highest BCUT2D eigenvalue weighted by molar-refractivity contribution is 14.1. The maximum absolute atomic E-state index is 3.44. The van der Waals surface area contributed by atoms with Crippen LogP contribution < -0.4 is 5.32 Å². The van der Waals surface area contributed by atoms with Gasteiger partial charge in [0.15, 0.2) is 0 Å². The first-order valence-corrected chi connectivity index (χ1v) is 5.83. The molecule has 0 atom stereocenters. The molecule has 0 amide bonds. The van der Waals surface area contributed by atoms with Gasteiger partial charge in [-0.25, -0.2) is 0 Å². The molecule has 0 radical (unpaired) electrons. The summed E-state index contributed by atoms with van der Waals surface area (Å²) in [6.45, 7) is 4.21. The van der Waals surface area contributed by atoms with Gasteiger partial charge >= 0.3 is 0 Å². The number of nitrogens with one attached hydrogen (secondary N) is 1. The zero-order chi connectivity index (χ0) is 10.6. The standard InChI is InChI=1S/C11H17IN2/c1-9-10(12)5-4-6-11(9)13-7-8-14(2)3/h4-6,13H,7-8H2,1-3H3. The minimum absolute atomic E-state index is 0.994. The second-order valence-electron chi connectivity index (χ2n) is 3.64. The van der Waals surface area contributed by atoms with Crippen molar-refractivity contribution in [1.82, 2.24) is 4.90 Å². The van der Waals surface area contributed by atoms with Crippen molar-refractivity contribution in [2.24, 2.45) is 0 Å². The molecule has 0 unspecified atom stereocenters. The Bertz CT molecular complexity index is 297. The Kier molecular flexibility index (Phi) is 4.68. The normalized spacial score (nSPS) is 10.6. The van der Waals surface area contributed by atoms with Gasteiger partial charge in [0.1, 0.15) is 0 Å². The van der Waals surface area contributed by atoms with E-state index in [9.17, 15) is 0 Å². The fourth-order valence-electron chi connectivity index (χ4n) is 1.21. The highest BCUT2D eigenvalue weighted by Gasteiger charge is 2.00. The molecule has 0 saturated carbocycles. The highest BCUT2D eigenvalue weighted by atomic mass is 127. The van der Waals surface area contributed by atoms with E-state index in [1.807, 2.05) is 0 Å². The first-order chi connectivity index (χ1) is 6.61. The van der Waals surface area contributed by atoms with Crippen LogP contribution in [0, 0.1) is 10.5 Å². The maximum Gasteiger partial charge on any atom is 0.0380 e. The molecule has 1 aromatic carbocycles. The van der Waals surface area contributed by atoms with E-state index in [0.717, 1.165) is 13.1 Å². The molecule has 1 N–H and O–H groups in total. The van der Waals surface area contributed by atoms with Crippen LogP contribution in [-0.2, 0) is 0 Å². The lowest BCUT2D eigenvalue weighted by molar-refractivity contribution is 0.425. The fraction of sp³-hybridized carbons (Fsp3) is 0.455. The Morgan fingerprint density at radius 1 is 1.36 bits per heavy atom. The van der Waals surface area contributed by atoms with Gasteiger partial charge in [0, 0.05) is 22.3 Å². The molecule has 3 heteroatoms. The van der Waals surface area contributed by atoms with E-state index < -0.39 is 0 Å². The molecule has 0 fully saturated rings. The molecule has 0 spiro atoms. The number of likely N-dealkylation sites (N-methyl/N-ethyl adjacent to an activating group) is 1. The van der Waals surface area contributed by atoms with Crippen LogP contribution in [0.3, 0.4) is 0 Å². The number of hydrogen-bond acceptors (Lipinski definition) is 2. The van der Waals surface area contributed by atoms with E-state index >= 15 is 0 Å². The molecule has 1 aromatic rings. The number of anilines is 1. The largest absolute Gasteiger partial charge is 0.384 e. The summed E-state index contributed by atoms with van der Waals surface area (Å²) in [5.41, 5.74) is 2.59. The zero-order valence-electron chi connectivity index (χ0n) is 8.97. The Hall–Kier alpha value is -0.290. The molecule has 0 aliphatic heterocycles. The monoisotopic (exact) mass is 304 g/mol. The highest BCUT2D eigenvalue weighted by Crippen LogP contribution is 2.19. The molecule has 2 nitrogen and oxygen atoms in total. The van der Waals surface area contributed by atoms with Crippen LogP contribution in [0.2, 0.25) is 0 Å². The number of hydrogen-bond donors (Lipinski definition) is 1. The van der Waals surface area contributed by atoms with Crippen LogP contribution in [0.5, 0.6) is 0 Å². The molecule has 0 aliphatic rings. The van der Waals surface area contributed by atoms with Crippen molar-refractivity contribution in [3.8, 4) is 0 Å². The second kappa shape index (κ2) is 5.56. The summed E-state index contributed by atoms with van der Waals surface area (Å²) in [6, 6.07) is 6.35. The van der Waals surface area contributed by atoms with Crippen molar-refractivity contribution in [2.75, 3.05) is 32.5 Å². The number of rotatable bonds is 4. The summed E-state index contributed by atoms with van der Waals surface area (Å²) < 4.78 is 1.32. The molecule has 78 valence electrons. The summed E-state index contributed by atoms with van der Waals surface area (Å²) in [7, 11) is 4.17. The fourth-order valence-corrected chi connectivity index (χ4v) is 1.71. The van der Waals surface area contributed by atoms with Crippen molar-refractivity contribution < 1.29 is 0 Å². The van der Waals surface area contributed by atoms with E-state index in [2.05, 4.69) is 72.0 Å². The van der Waals surface area contributed by atoms with Gasteiger partial charge in [-0.2, -0.15) is 0 Å². The zero-order valence-corrected chi connectivity index (χ0v) is 11.1. The molecular formula is C11H17IN2. The van der Waals surface area contributed by atoms with Gasteiger partial charge < -0.3 is 10.2 Å². The topological polar surface area (TPSA) is 15.3 Å². The number of nitrogens with zero attached hydrogens (tertiary/aromatic N) is 1. The van der Waals surface area contributed by atoms with Gasteiger partial charge in [-0.15, -0.1) is 0 Å². The van der Waals surface area contributed by atoms with Gasteiger partial charge in [0.2, 0.25) is 0 Å². The lowest BCUT2D eigenvalue weighted by atomic mass is 10.2. The van der Waals surface area contributed by atoms with Crippen molar-refractivity contribution in [3.63, 3.8) is 0 Å². The van der Waals surface area contributed by atoms with Gasteiger partial charge in [0.25, 0.3) is 0 Å². The summed E-state index contributed by atoms with van der Waals surface area (Å²) >= 11 is 2.36. The number of halogens is 1. The van der Waals surface area contributed by atoms with Crippen LogP contribution in [-0.4, -0.2) is 32.1 Å². The van der Waals surface area contributed by atoms with Gasteiger partial charge in [-0.1, -0.05) is 6.07 Å². The smallest absolute Gasteiger partial charge is 0.0380 e. The average Bonchev–Trinajstić information content (AvgIpc) is 2.12. The minimum Gasteiger partial charge on any atom is -0.384 e. The Morgan fingerprint density at radius 3 is 2.71 bits per heavy atom. The maximum atomic E-state index is 3.44. The predicted molar refractivity (Wildman–Crippen MR) is 70.9 cm³/mol. The molecule has 1 rings (SSSR count). The molecular weight excluding hydrogens is 287 g/mol. The van der Waals surface area contributed by atoms with Crippen molar-refractivity contribution in [2.45, 2.75) is 6.92 Å². The first kappa shape index (κ1) is 11.8. The molecule has 14 heavy (non-hydrogen) atoms. The first-order valence-electron chi connectivity index (χ1n) is 4.75. The molecule has 0 saturated heterocycles. The van der Waals surface area contributed by atoms with Crippen LogP contribution in [0.25, 0.3) is 0 Å². The Balaban J connectivity index is 2.54. The second-order valence-corrected chi connectivity index (χ2v) is 4.80. The van der Waals surface area contributed by atoms with Crippen LogP contribution in [0.1, 0.15) is 5.56 Å². The van der Waals surface area contributed by atoms with E-state index in [-0.39, 0.29) is 0 Å². The van der Waals surface area contributed by atoms with E-state index in [4.69, 9.17) is 0 Å². The third-order valence-corrected chi connectivity index (χ3v) is 3.31.